The predicted molar refractivity (Wildman–Crippen MR) is 139 cm³/mol. The molecule has 212 valence electrons. The third kappa shape index (κ3) is 7.86. The zero-order valence-corrected chi connectivity index (χ0v) is 21.7. The molecular weight excluding hydrogens is 553 g/mol. The number of alkyl halides is 3. The highest BCUT2D eigenvalue weighted by molar-refractivity contribution is 7.92. The topological polar surface area (TPSA) is 126 Å². The van der Waals surface area contributed by atoms with E-state index < -0.39 is 28.0 Å². The minimum Gasteiger partial charge on any atom is -0.455 e. The summed E-state index contributed by atoms with van der Waals surface area (Å²) in [6.07, 6.45) is -4.83. The molecule has 40 heavy (non-hydrogen) atoms. The number of hydrogen-bond acceptors (Lipinski definition) is 7. The van der Waals surface area contributed by atoms with Crippen molar-refractivity contribution in [3.8, 4) is 17.2 Å². The molecule has 1 aliphatic rings. The van der Waals surface area contributed by atoms with Crippen molar-refractivity contribution in [2.75, 3.05) is 37.4 Å². The lowest BCUT2D eigenvalue weighted by atomic mass is 10.2. The Kier molecular flexibility index (Phi) is 8.80. The van der Waals surface area contributed by atoms with E-state index in [0.717, 1.165) is 12.1 Å². The second-order valence-corrected chi connectivity index (χ2v) is 10.2. The zero-order valence-electron chi connectivity index (χ0n) is 20.9. The van der Waals surface area contributed by atoms with Gasteiger partial charge in [-0.05, 0) is 60.7 Å². The number of benzene rings is 3. The maximum Gasteiger partial charge on any atom is 0.573 e. The van der Waals surface area contributed by atoms with Crippen molar-refractivity contribution in [2.45, 2.75) is 11.3 Å². The minimum atomic E-state index is -4.83. The molecule has 0 aliphatic carbocycles. The maximum atomic E-state index is 13.0. The molecule has 14 heteroatoms. The van der Waals surface area contributed by atoms with E-state index in [1.54, 1.807) is 17.0 Å². The fourth-order valence-corrected chi connectivity index (χ4v) is 4.82. The van der Waals surface area contributed by atoms with Crippen molar-refractivity contribution in [1.29, 1.82) is 0 Å². The Morgan fingerprint density at radius 3 is 2.17 bits per heavy atom. The maximum absolute atomic E-state index is 13.0. The lowest BCUT2D eigenvalue weighted by Gasteiger charge is -2.27. The average Bonchev–Trinajstić information content (AvgIpc) is 2.93. The van der Waals surface area contributed by atoms with Crippen LogP contribution in [0, 0.1) is 0 Å². The first kappa shape index (κ1) is 28.7. The second kappa shape index (κ2) is 12.3. The number of nitrogens with one attached hydrogen (secondary N) is 3. The van der Waals surface area contributed by atoms with Gasteiger partial charge in [0.15, 0.2) is 5.75 Å². The van der Waals surface area contributed by atoms with Gasteiger partial charge in [0, 0.05) is 31.7 Å². The van der Waals surface area contributed by atoms with Gasteiger partial charge in [-0.1, -0.05) is 12.1 Å². The Bertz CT molecular complexity index is 1440. The number of carbonyl (C=O) groups is 2. The van der Waals surface area contributed by atoms with Crippen LogP contribution in [-0.2, 0) is 14.8 Å². The van der Waals surface area contributed by atoms with Gasteiger partial charge < -0.3 is 25.0 Å². The largest absolute Gasteiger partial charge is 0.573 e. The number of amides is 2. The van der Waals surface area contributed by atoms with E-state index in [1.807, 2.05) is 0 Å². The van der Waals surface area contributed by atoms with Gasteiger partial charge in [0.05, 0.1) is 17.1 Å². The Morgan fingerprint density at radius 1 is 0.900 bits per heavy atom. The van der Waals surface area contributed by atoms with Gasteiger partial charge in [0.1, 0.15) is 11.5 Å². The van der Waals surface area contributed by atoms with Gasteiger partial charge in [-0.2, -0.15) is 0 Å². The molecule has 3 N–H and O–H groups in total. The molecule has 1 aliphatic heterocycles. The number of piperazine rings is 1. The molecule has 1 saturated heterocycles. The molecule has 0 unspecified atom stereocenters. The van der Waals surface area contributed by atoms with E-state index in [0.29, 0.717) is 26.2 Å². The Balaban J connectivity index is 1.39. The Hall–Kier alpha value is -4.30. The molecule has 3 aromatic carbocycles. The van der Waals surface area contributed by atoms with E-state index in [4.69, 9.17) is 4.74 Å². The first-order valence-electron chi connectivity index (χ1n) is 12.0. The first-order chi connectivity index (χ1) is 19.0. The number of hydrogen-bond donors (Lipinski definition) is 3. The monoisotopic (exact) mass is 578 g/mol. The van der Waals surface area contributed by atoms with Crippen LogP contribution in [-0.4, -0.2) is 64.2 Å². The number of nitrogens with zero attached hydrogens (tertiary/aromatic N) is 1. The SMILES string of the molecule is O=C(NCC(=O)N1CCNCC1)c1ccc(S(=O)(=O)Nc2ccccc2Oc2ccc(OC(F)(F)F)cc2)cc1. The molecule has 10 nitrogen and oxygen atoms in total. The van der Waals surface area contributed by atoms with Crippen molar-refractivity contribution in [3.05, 3.63) is 78.4 Å². The average molecular weight is 579 g/mol. The fraction of sp³-hybridized carbons (Fsp3) is 0.231. The van der Waals surface area contributed by atoms with Crippen LogP contribution in [0.15, 0.2) is 77.7 Å². The van der Waals surface area contributed by atoms with Crippen LogP contribution in [0.4, 0.5) is 18.9 Å². The Labute approximate surface area is 228 Å². The van der Waals surface area contributed by atoms with E-state index in [1.165, 1.54) is 48.5 Å². The summed E-state index contributed by atoms with van der Waals surface area (Å²) < 4.78 is 75.0. The smallest absolute Gasteiger partial charge is 0.455 e. The minimum absolute atomic E-state index is 0.0753. The molecule has 0 saturated carbocycles. The summed E-state index contributed by atoms with van der Waals surface area (Å²) in [6.45, 7) is 2.33. The summed E-state index contributed by atoms with van der Waals surface area (Å²) in [5, 5.41) is 5.68. The molecule has 0 bridgehead atoms. The van der Waals surface area contributed by atoms with Crippen molar-refractivity contribution in [2.24, 2.45) is 0 Å². The summed E-state index contributed by atoms with van der Waals surface area (Å²) in [5.74, 6) is -0.916. The normalized spacial score (nSPS) is 13.8. The van der Waals surface area contributed by atoms with Gasteiger partial charge in [-0.15, -0.1) is 13.2 Å². The van der Waals surface area contributed by atoms with Crippen LogP contribution in [0.3, 0.4) is 0 Å². The lowest BCUT2D eigenvalue weighted by Crippen LogP contribution is -2.49. The second-order valence-electron chi connectivity index (χ2n) is 8.56. The number of anilines is 1. The number of ether oxygens (including phenoxy) is 2. The number of sulfonamides is 1. The number of rotatable bonds is 9. The summed E-state index contributed by atoms with van der Waals surface area (Å²) in [7, 11) is -4.11. The summed E-state index contributed by atoms with van der Waals surface area (Å²) in [4.78, 5) is 26.2. The standard InChI is InChI=1S/C26H25F3N4O6S/c27-26(28,29)39-20-9-7-19(8-10-20)38-23-4-2-1-3-22(23)32-40(36,37)21-11-5-18(6-12-21)25(35)31-17-24(34)33-15-13-30-14-16-33/h1-12,30,32H,13-17H2,(H,31,35). The van der Waals surface area contributed by atoms with E-state index in [2.05, 4.69) is 20.1 Å². The molecule has 0 spiro atoms. The van der Waals surface area contributed by atoms with Crippen molar-refractivity contribution >= 4 is 27.5 Å². The molecule has 1 heterocycles. The molecule has 0 aromatic heterocycles. The van der Waals surface area contributed by atoms with Gasteiger partial charge in [0.25, 0.3) is 15.9 Å². The molecule has 1 fully saturated rings. The molecule has 2 amide bonds. The summed E-state index contributed by atoms with van der Waals surface area (Å²) in [6, 6.07) is 15.9. The van der Waals surface area contributed by atoms with E-state index in [9.17, 15) is 31.2 Å². The van der Waals surface area contributed by atoms with E-state index >= 15 is 0 Å². The van der Waals surface area contributed by atoms with Crippen molar-refractivity contribution in [3.63, 3.8) is 0 Å². The molecule has 4 rings (SSSR count). The van der Waals surface area contributed by atoms with Gasteiger partial charge in [-0.25, -0.2) is 8.42 Å². The summed E-state index contributed by atoms with van der Waals surface area (Å²) >= 11 is 0. The van der Waals surface area contributed by atoms with Crippen LogP contribution >= 0.6 is 0 Å². The van der Waals surface area contributed by atoms with Crippen LogP contribution in [0.2, 0.25) is 0 Å². The highest BCUT2D eigenvalue weighted by Gasteiger charge is 2.31. The van der Waals surface area contributed by atoms with Crippen LogP contribution in [0.25, 0.3) is 0 Å². The third-order valence-electron chi connectivity index (χ3n) is 5.71. The lowest BCUT2D eigenvalue weighted by molar-refractivity contribution is -0.274. The number of carbonyl (C=O) groups excluding carboxylic acids is 2. The number of para-hydroxylation sites is 2. The van der Waals surface area contributed by atoms with Crippen LogP contribution < -0.4 is 24.8 Å². The molecule has 3 aromatic rings. The Morgan fingerprint density at radius 2 is 1.52 bits per heavy atom. The van der Waals surface area contributed by atoms with E-state index in [-0.39, 0.29) is 40.1 Å². The molecule has 0 radical (unpaired) electrons. The molecular formula is C26H25F3N4O6S. The van der Waals surface area contributed by atoms with Gasteiger partial charge >= 0.3 is 6.36 Å². The highest BCUT2D eigenvalue weighted by atomic mass is 32.2. The van der Waals surface area contributed by atoms with Crippen molar-refractivity contribution < 1.29 is 40.7 Å². The quantitative estimate of drug-likeness (QED) is 0.356. The highest BCUT2D eigenvalue weighted by Crippen LogP contribution is 2.32. The summed E-state index contributed by atoms with van der Waals surface area (Å²) in [5.41, 5.74) is 0.250. The predicted octanol–water partition coefficient (Wildman–Crippen LogP) is 3.34. The fourth-order valence-electron chi connectivity index (χ4n) is 3.75. The molecule has 0 atom stereocenters. The van der Waals surface area contributed by atoms with Gasteiger partial charge in [0.2, 0.25) is 5.91 Å². The number of halogens is 3. The third-order valence-corrected chi connectivity index (χ3v) is 7.09. The van der Waals surface area contributed by atoms with Crippen LogP contribution in [0.5, 0.6) is 17.2 Å². The van der Waals surface area contributed by atoms with Crippen molar-refractivity contribution in [1.82, 2.24) is 15.5 Å². The van der Waals surface area contributed by atoms with Crippen LogP contribution in [0.1, 0.15) is 10.4 Å². The zero-order chi connectivity index (χ0) is 28.8. The first-order valence-corrected chi connectivity index (χ1v) is 13.5. The van der Waals surface area contributed by atoms with Gasteiger partial charge in [-0.3, -0.25) is 14.3 Å².